The van der Waals surface area contributed by atoms with E-state index in [0.29, 0.717) is 11.8 Å². The summed E-state index contributed by atoms with van der Waals surface area (Å²) in [5.41, 5.74) is 1.06. The molecule has 0 bridgehead atoms. The second-order valence-corrected chi connectivity index (χ2v) is 5.75. The summed E-state index contributed by atoms with van der Waals surface area (Å²) in [5.74, 6) is 0.214. The Hall–Kier alpha value is -1.58. The van der Waals surface area contributed by atoms with Crippen LogP contribution in [0.5, 0.6) is 5.88 Å². The predicted octanol–water partition coefficient (Wildman–Crippen LogP) is 3.69. The lowest BCUT2D eigenvalue weighted by atomic mass is 9.89. The molecule has 1 aromatic heterocycles. The van der Waals surface area contributed by atoms with Gasteiger partial charge >= 0.3 is 5.97 Å². The number of carboxylic acids is 1. The molecule has 0 aliphatic heterocycles. The highest BCUT2D eigenvalue weighted by Gasteiger charge is 2.21. The van der Waals surface area contributed by atoms with Crippen molar-refractivity contribution in [3.05, 3.63) is 23.4 Å². The third-order valence-corrected chi connectivity index (χ3v) is 3.78. The van der Waals surface area contributed by atoms with E-state index in [1.54, 1.807) is 12.1 Å². The summed E-state index contributed by atoms with van der Waals surface area (Å²) in [6.45, 7) is 4.29. The predicted molar refractivity (Wildman–Crippen MR) is 77.2 cm³/mol. The van der Waals surface area contributed by atoms with E-state index in [2.05, 4.69) is 18.8 Å². The van der Waals surface area contributed by atoms with Gasteiger partial charge in [-0.3, -0.25) is 0 Å². The fourth-order valence-electron chi connectivity index (χ4n) is 2.78. The van der Waals surface area contributed by atoms with E-state index in [-0.39, 0.29) is 11.7 Å². The molecule has 2 unspecified atom stereocenters. The number of aryl methyl sites for hydroxylation is 1. The quantitative estimate of drug-likeness (QED) is 0.891. The van der Waals surface area contributed by atoms with Gasteiger partial charge in [-0.1, -0.05) is 26.7 Å². The molecule has 1 aromatic rings. The topological polar surface area (TPSA) is 59.4 Å². The molecule has 2 rings (SSSR count). The molecule has 4 heteroatoms. The zero-order chi connectivity index (χ0) is 14.5. The van der Waals surface area contributed by atoms with Gasteiger partial charge in [0.25, 0.3) is 0 Å². The van der Waals surface area contributed by atoms with E-state index in [0.717, 1.165) is 31.4 Å². The summed E-state index contributed by atoms with van der Waals surface area (Å²) >= 11 is 0. The summed E-state index contributed by atoms with van der Waals surface area (Å²) < 4.78 is 5.93. The monoisotopic (exact) mass is 277 g/mol. The number of nitrogens with zero attached hydrogens (tertiary/aromatic N) is 1. The fraction of sp³-hybridized carbons (Fsp3) is 0.625. The Kier molecular flexibility index (Phi) is 4.99. The summed E-state index contributed by atoms with van der Waals surface area (Å²) in [7, 11) is 0. The SMILES string of the molecule is CCCc1cc(C(=O)O)cc(OC2CCCC(C)C2)n1. The number of carbonyl (C=O) groups is 1. The van der Waals surface area contributed by atoms with Crippen LogP contribution in [0.25, 0.3) is 0 Å². The number of aromatic carboxylic acids is 1. The van der Waals surface area contributed by atoms with Gasteiger partial charge in [-0.25, -0.2) is 9.78 Å². The molecule has 0 radical (unpaired) electrons. The lowest BCUT2D eigenvalue weighted by molar-refractivity contribution is 0.0694. The molecule has 1 fully saturated rings. The average Bonchev–Trinajstić information content (AvgIpc) is 2.38. The molecule has 1 N–H and O–H groups in total. The van der Waals surface area contributed by atoms with Gasteiger partial charge in [0, 0.05) is 11.8 Å². The van der Waals surface area contributed by atoms with Crippen LogP contribution < -0.4 is 4.74 Å². The second-order valence-electron chi connectivity index (χ2n) is 5.75. The molecule has 0 saturated heterocycles. The molecular weight excluding hydrogens is 254 g/mol. The van der Waals surface area contributed by atoms with Crippen LogP contribution in [0.2, 0.25) is 0 Å². The minimum absolute atomic E-state index is 0.171. The van der Waals surface area contributed by atoms with Crippen LogP contribution >= 0.6 is 0 Å². The van der Waals surface area contributed by atoms with E-state index in [1.807, 2.05) is 0 Å². The Bertz CT molecular complexity index is 473. The van der Waals surface area contributed by atoms with Crippen molar-refractivity contribution in [2.75, 3.05) is 0 Å². The molecule has 110 valence electrons. The van der Waals surface area contributed by atoms with E-state index >= 15 is 0 Å². The van der Waals surface area contributed by atoms with Crippen molar-refractivity contribution in [2.45, 2.75) is 58.5 Å². The third kappa shape index (κ3) is 3.95. The fourth-order valence-corrected chi connectivity index (χ4v) is 2.78. The zero-order valence-electron chi connectivity index (χ0n) is 12.3. The Balaban J connectivity index is 2.14. The van der Waals surface area contributed by atoms with Crippen LogP contribution in [0.3, 0.4) is 0 Å². The van der Waals surface area contributed by atoms with Gasteiger partial charge < -0.3 is 9.84 Å². The summed E-state index contributed by atoms with van der Waals surface area (Å²) in [6, 6.07) is 3.18. The van der Waals surface area contributed by atoms with Crippen LogP contribution in [0.15, 0.2) is 12.1 Å². The largest absolute Gasteiger partial charge is 0.478 e. The molecule has 2 atom stereocenters. The lowest BCUT2D eigenvalue weighted by Crippen LogP contribution is -2.24. The van der Waals surface area contributed by atoms with E-state index < -0.39 is 5.97 Å². The molecule has 1 aliphatic carbocycles. The minimum atomic E-state index is -0.924. The maximum Gasteiger partial charge on any atom is 0.335 e. The van der Waals surface area contributed by atoms with Crippen LogP contribution in [-0.2, 0) is 6.42 Å². The summed E-state index contributed by atoms with van der Waals surface area (Å²) in [5, 5.41) is 9.17. The third-order valence-electron chi connectivity index (χ3n) is 3.78. The van der Waals surface area contributed by atoms with Crippen molar-refractivity contribution < 1.29 is 14.6 Å². The van der Waals surface area contributed by atoms with Gasteiger partial charge in [-0.15, -0.1) is 0 Å². The molecular formula is C16H23NO3. The van der Waals surface area contributed by atoms with Gasteiger partial charge in [0.2, 0.25) is 5.88 Å². The number of pyridine rings is 1. The number of hydrogen-bond acceptors (Lipinski definition) is 3. The first kappa shape index (κ1) is 14.8. The van der Waals surface area contributed by atoms with Gasteiger partial charge in [-0.05, 0) is 37.7 Å². The van der Waals surface area contributed by atoms with E-state index in [1.165, 1.54) is 12.8 Å². The maximum atomic E-state index is 11.2. The molecule has 4 nitrogen and oxygen atoms in total. The van der Waals surface area contributed by atoms with Crippen LogP contribution in [0.1, 0.15) is 62.0 Å². The Morgan fingerprint density at radius 2 is 2.25 bits per heavy atom. The van der Waals surface area contributed by atoms with Crippen molar-refractivity contribution in [1.82, 2.24) is 4.98 Å². The Morgan fingerprint density at radius 1 is 1.45 bits per heavy atom. The number of ether oxygens (including phenoxy) is 1. The normalized spacial score (nSPS) is 22.5. The van der Waals surface area contributed by atoms with Gasteiger partial charge in [0.1, 0.15) is 6.10 Å². The molecule has 1 saturated carbocycles. The average molecular weight is 277 g/mol. The molecule has 20 heavy (non-hydrogen) atoms. The van der Waals surface area contributed by atoms with Crippen molar-refractivity contribution in [3.63, 3.8) is 0 Å². The van der Waals surface area contributed by atoms with Crippen molar-refractivity contribution in [1.29, 1.82) is 0 Å². The summed E-state index contributed by atoms with van der Waals surface area (Å²) in [6.07, 6.45) is 6.38. The summed E-state index contributed by atoms with van der Waals surface area (Å²) in [4.78, 5) is 15.6. The highest BCUT2D eigenvalue weighted by molar-refractivity contribution is 5.88. The van der Waals surface area contributed by atoms with Crippen molar-refractivity contribution in [2.24, 2.45) is 5.92 Å². The first-order valence-corrected chi connectivity index (χ1v) is 7.49. The van der Waals surface area contributed by atoms with E-state index in [4.69, 9.17) is 9.84 Å². The van der Waals surface area contributed by atoms with Crippen molar-refractivity contribution >= 4 is 5.97 Å². The number of carboxylic acid groups (broad SMARTS) is 1. The number of rotatable bonds is 5. The first-order chi connectivity index (χ1) is 9.58. The zero-order valence-corrected chi connectivity index (χ0v) is 12.3. The standard InChI is InChI=1S/C16H23NO3/c1-3-5-13-9-12(16(18)19)10-15(17-13)20-14-7-4-6-11(2)8-14/h9-11,14H,3-8H2,1-2H3,(H,18,19). The highest BCUT2D eigenvalue weighted by atomic mass is 16.5. The first-order valence-electron chi connectivity index (χ1n) is 7.49. The minimum Gasteiger partial charge on any atom is -0.478 e. The van der Waals surface area contributed by atoms with Crippen LogP contribution in [0.4, 0.5) is 0 Å². The maximum absolute atomic E-state index is 11.2. The number of hydrogen-bond donors (Lipinski definition) is 1. The lowest BCUT2D eigenvalue weighted by Gasteiger charge is -2.27. The molecule has 1 aliphatic rings. The van der Waals surface area contributed by atoms with Crippen LogP contribution in [-0.4, -0.2) is 22.2 Å². The van der Waals surface area contributed by atoms with Gasteiger partial charge in [0.15, 0.2) is 0 Å². The van der Waals surface area contributed by atoms with E-state index in [9.17, 15) is 4.79 Å². The molecule has 1 heterocycles. The smallest absolute Gasteiger partial charge is 0.335 e. The Morgan fingerprint density at radius 3 is 2.90 bits per heavy atom. The number of aromatic nitrogens is 1. The van der Waals surface area contributed by atoms with Gasteiger partial charge in [0.05, 0.1) is 5.56 Å². The van der Waals surface area contributed by atoms with Gasteiger partial charge in [-0.2, -0.15) is 0 Å². The molecule has 0 aromatic carbocycles. The second kappa shape index (κ2) is 6.73. The molecule has 0 spiro atoms. The highest BCUT2D eigenvalue weighted by Crippen LogP contribution is 2.27. The Labute approximate surface area is 120 Å². The molecule has 0 amide bonds. The van der Waals surface area contributed by atoms with Crippen molar-refractivity contribution in [3.8, 4) is 5.88 Å². The van der Waals surface area contributed by atoms with Crippen LogP contribution in [0, 0.1) is 5.92 Å².